The van der Waals surface area contributed by atoms with Gasteiger partial charge in [0, 0.05) is 0 Å². The first-order valence-electron chi connectivity index (χ1n) is 4.70. The standard InChI is InChI=1S/C11H14O2/c1-2-13-10-5-3-4-9(8-10)11(12)6-7-11/h3-5,8,12H,2,6-7H2,1H3. The Balaban J connectivity index is 2.22. The molecule has 0 aliphatic heterocycles. The van der Waals surface area contributed by atoms with Gasteiger partial charge in [0.05, 0.1) is 12.2 Å². The van der Waals surface area contributed by atoms with E-state index < -0.39 is 5.60 Å². The second-order valence-corrected chi connectivity index (χ2v) is 3.49. The highest BCUT2D eigenvalue weighted by Crippen LogP contribution is 2.45. The minimum Gasteiger partial charge on any atom is -0.494 e. The SMILES string of the molecule is CCOc1cccc(C2(O)CC2)c1. The molecule has 0 aromatic heterocycles. The molecule has 0 unspecified atom stereocenters. The van der Waals surface area contributed by atoms with Gasteiger partial charge in [-0.15, -0.1) is 0 Å². The average molecular weight is 178 g/mol. The Morgan fingerprint density at radius 3 is 2.85 bits per heavy atom. The normalized spacial score (nSPS) is 18.3. The molecule has 0 radical (unpaired) electrons. The van der Waals surface area contributed by atoms with Crippen molar-refractivity contribution in [2.75, 3.05) is 6.61 Å². The third-order valence-corrected chi connectivity index (χ3v) is 2.41. The molecular weight excluding hydrogens is 164 g/mol. The van der Waals surface area contributed by atoms with E-state index in [-0.39, 0.29) is 0 Å². The van der Waals surface area contributed by atoms with Gasteiger partial charge in [-0.05, 0) is 37.5 Å². The zero-order valence-electron chi connectivity index (χ0n) is 7.79. The number of hydrogen-bond donors (Lipinski definition) is 1. The molecule has 0 atom stereocenters. The zero-order chi connectivity index (χ0) is 9.31. The van der Waals surface area contributed by atoms with Crippen LogP contribution >= 0.6 is 0 Å². The van der Waals surface area contributed by atoms with Crippen LogP contribution in [0.5, 0.6) is 5.75 Å². The zero-order valence-corrected chi connectivity index (χ0v) is 7.79. The molecule has 1 aromatic carbocycles. The van der Waals surface area contributed by atoms with E-state index in [1.54, 1.807) is 0 Å². The summed E-state index contributed by atoms with van der Waals surface area (Å²) in [4.78, 5) is 0. The summed E-state index contributed by atoms with van der Waals surface area (Å²) in [7, 11) is 0. The van der Waals surface area contributed by atoms with Crippen LogP contribution in [0.25, 0.3) is 0 Å². The lowest BCUT2D eigenvalue weighted by molar-refractivity contribution is 0.151. The Hall–Kier alpha value is -1.02. The summed E-state index contributed by atoms with van der Waals surface area (Å²) in [6, 6.07) is 7.72. The fourth-order valence-electron chi connectivity index (χ4n) is 1.45. The van der Waals surface area contributed by atoms with Crippen LogP contribution in [-0.4, -0.2) is 11.7 Å². The van der Waals surface area contributed by atoms with Crippen molar-refractivity contribution >= 4 is 0 Å². The fourth-order valence-corrected chi connectivity index (χ4v) is 1.45. The van der Waals surface area contributed by atoms with E-state index in [9.17, 15) is 5.11 Å². The summed E-state index contributed by atoms with van der Waals surface area (Å²) in [6.45, 7) is 2.63. The van der Waals surface area contributed by atoms with Crippen LogP contribution in [0.4, 0.5) is 0 Å². The Kier molecular flexibility index (Phi) is 2.00. The van der Waals surface area contributed by atoms with E-state index in [0.29, 0.717) is 6.61 Å². The van der Waals surface area contributed by atoms with Crippen LogP contribution in [0.3, 0.4) is 0 Å². The van der Waals surface area contributed by atoms with Gasteiger partial charge in [-0.25, -0.2) is 0 Å². The van der Waals surface area contributed by atoms with Gasteiger partial charge in [-0.2, -0.15) is 0 Å². The topological polar surface area (TPSA) is 29.5 Å². The third kappa shape index (κ3) is 1.68. The van der Waals surface area contributed by atoms with Crippen LogP contribution in [0.2, 0.25) is 0 Å². The van der Waals surface area contributed by atoms with Gasteiger partial charge in [0.25, 0.3) is 0 Å². The van der Waals surface area contributed by atoms with Gasteiger partial charge in [0.1, 0.15) is 5.75 Å². The average Bonchev–Trinajstić information content (AvgIpc) is 2.86. The highest BCUT2D eigenvalue weighted by molar-refractivity contribution is 5.34. The number of rotatable bonds is 3. The first-order valence-corrected chi connectivity index (χ1v) is 4.70. The first-order chi connectivity index (χ1) is 6.24. The predicted molar refractivity (Wildman–Crippen MR) is 50.7 cm³/mol. The van der Waals surface area contributed by atoms with Gasteiger partial charge >= 0.3 is 0 Å². The van der Waals surface area contributed by atoms with Gasteiger partial charge in [0.2, 0.25) is 0 Å². The summed E-state index contributed by atoms with van der Waals surface area (Å²) in [6.07, 6.45) is 1.76. The van der Waals surface area contributed by atoms with Crippen LogP contribution < -0.4 is 4.74 Å². The number of aliphatic hydroxyl groups is 1. The molecule has 2 heteroatoms. The molecule has 0 saturated heterocycles. The van der Waals surface area contributed by atoms with Gasteiger partial charge in [-0.3, -0.25) is 0 Å². The maximum Gasteiger partial charge on any atom is 0.119 e. The van der Waals surface area contributed by atoms with Crippen molar-refractivity contribution in [3.8, 4) is 5.75 Å². The monoisotopic (exact) mass is 178 g/mol. The molecule has 1 aliphatic rings. The van der Waals surface area contributed by atoms with Crippen molar-refractivity contribution in [2.45, 2.75) is 25.4 Å². The Bertz CT molecular complexity index is 303. The predicted octanol–water partition coefficient (Wildman–Crippen LogP) is 2.07. The molecular formula is C11H14O2. The van der Waals surface area contributed by atoms with Crippen molar-refractivity contribution < 1.29 is 9.84 Å². The fraction of sp³-hybridized carbons (Fsp3) is 0.455. The smallest absolute Gasteiger partial charge is 0.119 e. The molecule has 0 bridgehead atoms. The van der Waals surface area contributed by atoms with Crippen molar-refractivity contribution in [1.29, 1.82) is 0 Å². The second kappa shape index (κ2) is 3.04. The summed E-state index contributed by atoms with van der Waals surface area (Å²) < 4.78 is 5.36. The first kappa shape index (κ1) is 8.57. The van der Waals surface area contributed by atoms with Gasteiger partial charge < -0.3 is 9.84 Å². The highest BCUT2D eigenvalue weighted by Gasteiger charge is 2.42. The largest absolute Gasteiger partial charge is 0.494 e. The lowest BCUT2D eigenvalue weighted by Gasteiger charge is -2.09. The molecule has 70 valence electrons. The van der Waals surface area contributed by atoms with E-state index in [4.69, 9.17) is 4.74 Å². The van der Waals surface area contributed by atoms with Crippen molar-refractivity contribution in [2.24, 2.45) is 0 Å². The molecule has 1 N–H and O–H groups in total. The van der Waals surface area contributed by atoms with Crippen molar-refractivity contribution in [1.82, 2.24) is 0 Å². The second-order valence-electron chi connectivity index (χ2n) is 3.49. The van der Waals surface area contributed by atoms with Crippen LogP contribution in [-0.2, 0) is 5.60 Å². The number of benzene rings is 1. The molecule has 1 aliphatic carbocycles. The molecule has 13 heavy (non-hydrogen) atoms. The minimum absolute atomic E-state index is 0.549. The summed E-state index contributed by atoms with van der Waals surface area (Å²) >= 11 is 0. The molecule has 2 rings (SSSR count). The number of ether oxygens (including phenoxy) is 1. The maximum absolute atomic E-state index is 9.84. The molecule has 0 heterocycles. The molecule has 1 saturated carbocycles. The van der Waals surface area contributed by atoms with Crippen LogP contribution in [0, 0.1) is 0 Å². The summed E-state index contributed by atoms with van der Waals surface area (Å²) in [5.74, 6) is 0.848. The third-order valence-electron chi connectivity index (χ3n) is 2.41. The lowest BCUT2D eigenvalue weighted by Crippen LogP contribution is -2.04. The lowest BCUT2D eigenvalue weighted by atomic mass is 10.1. The molecule has 1 aromatic rings. The van der Waals surface area contributed by atoms with Gasteiger partial charge in [-0.1, -0.05) is 12.1 Å². The molecule has 1 fully saturated rings. The highest BCUT2D eigenvalue weighted by atomic mass is 16.5. The Morgan fingerprint density at radius 2 is 2.23 bits per heavy atom. The van der Waals surface area contributed by atoms with Crippen molar-refractivity contribution in [3.05, 3.63) is 29.8 Å². The number of hydrogen-bond acceptors (Lipinski definition) is 2. The van der Waals surface area contributed by atoms with E-state index in [2.05, 4.69) is 0 Å². The Morgan fingerprint density at radius 1 is 1.46 bits per heavy atom. The van der Waals surface area contributed by atoms with Crippen LogP contribution in [0.15, 0.2) is 24.3 Å². The van der Waals surface area contributed by atoms with E-state index in [0.717, 1.165) is 24.2 Å². The van der Waals surface area contributed by atoms with E-state index in [1.807, 2.05) is 31.2 Å². The minimum atomic E-state index is -0.549. The molecule has 0 spiro atoms. The summed E-state index contributed by atoms with van der Waals surface area (Å²) in [5.41, 5.74) is 0.436. The quantitative estimate of drug-likeness (QED) is 0.767. The van der Waals surface area contributed by atoms with E-state index in [1.165, 1.54) is 0 Å². The molecule has 2 nitrogen and oxygen atoms in total. The van der Waals surface area contributed by atoms with E-state index >= 15 is 0 Å². The molecule has 0 amide bonds. The van der Waals surface area contributed by atoms with Crippen LogP contribution in [0.1, 0.15) is 25.3 Å². The van der Waals surface area contributed by atoms with Crippen molar-refractivity contribution in [3.63, 3.8) is 0 Å². The summed E-state index contributed by atoms with van der Waals surface area (Å²) in [5, 5.41) is 9.84. The maximum atomic E-state index is 9.84. The van der Waals surface area contributed by atoms with Gasteiger partial charge in [0.15, 0.2) is 0 Å². The Labute approximate surface area is 78.2 Å².